The topological polar surface area (TPSA) is 95.5 Å². The second kappa shape index (κ2) is 5.82. The van der Waals surface area contributed by atoms with Crippen LogP contribution in [-0.4, -0.2) is 30.5 Å². The van der Waals surface area contributed by atoms with Gasteiger partial charge in [-0.15, -0.1) is 0 Å². The van der Waals surface area contributed by atoms with E-state index in [0.717, 1.165) is 0 Å². The standard InChI is InChI=1S/C14H18N2O5/c1-14(2)20-8-10(21-14)7-19-9-4-5-11(13(15)16-17)12(6-9)18-3/h4-6,8,17H,7H2,1-3H3,(H2,15,16). The number of benzene rings is 1. The molecule has 0 atom stereocenters. The summed E-state index contributed by atoms with van der Waals surface area (Å²) in [6.07, 6.45) is 1.53. The lowest BCUT2D eigenvalue weighted by Gasteiger charge is -2.18. The summed E-state index contributed by atoms with van der Waals surface area (Å²) in [5.74, 6) is 0.915. The van der Waals surface area contributed by atoms with E-state index in [1.165, 1.54) is 13.4 Å². The molecule has 0 amide bonds. The van der Waals surface area contributed by atoms with Crippen LogP contribution in [0.1, 0.15) is 19.4 Å². The molecular formula is C14H18N2O5. The number of nitrogens with two attached hydrogens (primary N) is 1. The molecule has 7 heteroatoms. The SMILES string of the molecule is COc1cc(OCC2=COC(C)(C)O2)ccc1/C(N)=N/O. The van der Waals surface area contributed by atoms with Crippen LogP contribution in [0, 0.1) is 0 Å². The Bertz CT molecular complexity index is 581. The predicted molar refractivity (Wildman–Crippen MR) is 75.3 cm³/mol. The molecule has 2 rings (SSSR count). The summed E-state index contributed by atoms with van der Waals surface area (Å²) in [5.41, 5.74) is 6.04. The van der Waals surface area contributed by atoms with Crippen LogP contribution < -0.4 is 15.2 Å². The molecule has 1 heterocycles. The zero-order valence-electron chi connectivity index (χ0n) is 12.1. The zero-order valence-corrected chi connectivity index (χ0v) is 12.1. The third kappa shape index (κ3) is 3.50. The maximum atomic E-state index is 8.71. The van der Waals surface area contributed by atoms with Crippen LogP contribution in [0.3, 0.4) is 0 Å². The zero-order chi connectivity index (χ0) is 15.5. The lowest BCUT2D eigenvalue weighted by atomic mass is 10.2. The largest absolute Gasteiger partial charge is 0.496 e. The highest BCUT2D eigenvalue weighted by atomic mass is 16.7. The minimum atomic E-state index is -0.660. The molecule has 0 aromatic heterocycles. The van der Waals surface area contributed by atoms with E-state index >= 15 is 0 Å². The maximum Gasteiger partial charge on any atom is 0.244 e. The molecule has 3 N–H and O–H groups in total. The Hall–Kier alpha value is -2.57. The maximum absolute atomic E-state index is 8.71. The third-order valence-electron chi connectivity index (χ3n) is 2.79. The monoisotopic (exact) mass is 294 g/mol. The van der Waals surface area contributed by atoms with Gasteiger partial charge in [-0.05, 0) is 12.1 Å². The molecule has 0 spiro atoms. The molecule has 0 aliphatic carbocycles. The number of ether oxygens (including phenoxy) is 4. The summed E-state index contributed by atoms with van der Waals surface area (Å²) in [7, 11) is 1.49. The third-order valence-corrected chi connectivity index (χ3v) is 2.79. The van der Waals surface area contributed by atoms with Gasteiger partial charge < -0.3 is 29.9 Å². The Morgan fingerprint density at radius 1 is 1.43 bits per heavy atom. The van der Waals surface area contributed by atoms with E-state index in [0.29, 0.717) is 22.8 Å². The highest BCUT2D eigenvalue weighted by Crippen LogP contribution is 2.27. The lowest BCUT2D eigenvalue weighted by Crippen LogP contribution is -2.21. The van der Waals surface area contributed by atoms with Crippen LogP contribution >= 0.6 is 0 Å². The van der Waals surface area contributed by atoms with Crippen LogP contribution in [0.25, 0.3) is 0 Å². The molecule has 1 aromatic rings. The van der Waals surface area contributed by atoms with Crippen molar-refractivity contribution in [3.8, 4) is 11.5 Å². The summed E-state index contributed by atoms with van der Waals surface area (Å²) >= 11 is 0. The summed E-state index contributed by atoms with van der Waals surface area (Å²) in [4.78, 5) is 0. The fourth-order valence-corrected chi connectivity index (χ4v) is 1.82. The number of hydrogen-bond acceptors (Lipinski definition) is 6. The molecule has 1 aliphatic heterocycles. The molecule has 7 nitrogen and oxygen atoms in total. The average Bonchev–Trinajstić information content (AvgIpc) is 2.83. The van der Waals surface area contributed by atoms with Gasteiger partial charge >= 0.3 is 0 Å². The normalized spacial score (nSPS) is 16.7. The van der Waals surface area contributed by atoms with Gasteiger partial charge in [0, 0.05) is 19.9 Å². The molecule has 21 heavy (non-hydrogen) atoms. The van der Waals surface area contributed by atoms with Gasteiger partial charge in [-0.1, -0.05) is 5.16 Å². The van der Waals surface area contributed by atoms with Crippen molar-refractivity contribution in [3.63, 3.8) is 0 Å². The van der Waals surface area contributed by atoms with Crippen molar-refractivity contribution in [2.45, 2.75) is 19.6 Å². The van der Waals surface area contributed by atoms with Crippen molar-refractivity contribution < 1.29 is 24.2 Å². The molecule has 0 saturated carbocycles. The van der Waals surface area contributed by atoms with E-state index in [1.807, 2.05) is 13.8 Å². The van der Waals surface area contributed by atoms with E-state index in [1.54, 1.807) is 18.2 Å². The first kappa shape index (κ1) is 14.8. The molecule has 0 saturated heterocycles. The number of oxime groups is 1. The number of methoxy groups -OCH3 is 1. The Morgan fingerprint density at radius 2 is 2.19 bits per heavy atom. The second-order valence-corrected chi connectivity index (χ2v) is 4.84. The van der Waals surface area contributed by atoms with E-state index in [4.69, 9.17) is 29.9 Å². The smallest absolute Gasteiger partial charge is 0.244 e. The van der Waals surface area contributed by atoms with Crippen LogP contribution in [0.5, 0.6) is 11.5 Å². The Labute approximate surface area is 122 Å². The number of rotatable bonds is 5. The van der Waals surface area contributed by atoms with E-state index < -0.39 is 5.79 Å². The predicted octanol–water partition coefficient (Wildman–Crippen LogP) is 1.79. The Balaban J connectivity index is 2.05. The quantitative estimate of drug-likeness (QED) is 0.372. The van der Waals surface area contributed by atoms with Crippen molar-refractivity contribution in [1.29, 1.82) is 0 Å². The minimum Gasteiger partial charge on any atom is -0.496 e. The highest BCUT2D eigenvalue weighted by Gasteiger charge is 2.27. The summed E-state index contributed by atoms with van der Waals surface area (Å²) in [6.45, 7) is 3.85. The molecular weight excluding hydrogens is 276 g/mol. The number of hydrogen-bond donors (Lipinski definition) is 2. The summed E-state index contributed by atoms with van der Waals surface area (Å²) in [6, 6.07) is 4.99. The van der Waals surface area contributed by atoms with Gasteiger partial charge in [0.05, 0.1) is 12.7 Å². The number of nitrogens with zero attached hydrogens (tertiary/aromatic N) is 1. The van der Waals surface area contributed by atoms with Crippen molar-refractivity contribution in [1.82, 2.24) is 0 Å². The van der Waals surface area contributed by atoms with E-state index in [2.05, 4.69) is 5.16 Å². The van der Waals surface area contributed by atoms with E-state index in [9.17, 15) is 0 Å². The van der Waals surface area contributed by atoms with Crippen LogP contribution in [0.15, 0.2) is 35.4 Å². The Morgan fingerprint density at radius 3 is 2.76 bits per heavy atom. The first-order chi connectivity index (χ1) is 9.95. The van der Waals surface area contributed by atoms with Gasteiger partial charge in [-0.2, -0.15) is 0 Å². The summed E-state index contributed by atoms with van der Waals surface area (Å²) in [5, 5.41) is 11.7. The lowest BCUT2D eigenvalue weighted by molar-refractivity contribution is -0.119. The van der Waals surface area contributed by atoms with Gasteiger partial charge in [-0.3, -0.25) is 0 Å². The molecule has 1 aliphatic rings. The minimum absolute atomic E-state index is 0.0321. The van der Waals surface area contributed by atoms with Crippen LogP contribution in [0.4, 0.5) is 0 Å². The van der Waals surface area contributed by atoms with Crippen molar-refractivity contribution >= 4 is 5.84 Å². The molecule has 0 bridgehead atoms. The number of amidine groups is 1. The van der Waals surface area contributed by atoms with Crippen molar-refractivity contribution in [2.24, 2.45) is 10.9 Å². The molecule has 0 fully saturated rings. The molecule has 0 unspecified atom stereocenters. The van der Waals surface area contributed by atoms with Crippen molar-refractivity contribution in [2.75, 3.05) is 13.7 Å². The van der Waals surface area contributed by atoms with Crippen LogP contribution in [-0.2, 0) is 9.47 Å². The van der Waals surface area contributed by atoms with Gasteiger partial charge in [0.2, 0.25) is 5.79 Å². The average molecular weight is 294 g/mol. The fraction of sp³-hybridized carbons (Fsp3) is 0.357. The molecule has 114 valence electrons. The first-order valence-corrected chi connectivity index (χ1v) is 6.30. The van der Waals surface area contributed by atoms with Gasteiger partial charge in [0.1, 0.15) is 24.4 Å². The van der Waals surface area contributed by atoms with Gasteiger partial charge in [0.15, 0.2) is 11.6 Å². The van der Waals surface area contributed by atoms with Crippen molar-refractivity contribution in [3.05, 3.63) is 35.8 Å². The highest BCUT2D eigenvalue weighted by molar-refractivity contribution is 5.99. The molecule has 0 radical (unpaired) electrons. The van der Waals surface area contributed by atoms with E-state index in [-0.39, 0.29) is 12.4 Å². The Kier molecular flexibility index (Phi) is 4.11. The van der Waals surface area contributed by atoms with Gasteiger partial charge in [-0.25, -0.2) is 0 Å². The van der Waals surface area contributed by atoms with Crippen LogP contribution in [0.2, 0.25) is 0 Å². The first-order valence-electron chi connectivity index (χ1n) is 6.30. The summed E-state index contributed by atoms with van der Waals surface area (Å²) < 4.78 is 21.6. The fourth-order valence-electron chi connectivity index (χ4n) is 1.82. The second-order valence-electron chi connectivity index (χ2n) is 4.84. The van der Waals surface area contributed by atoms with Gasteiger partial charge in [0.25, 0.3) is 0 Å². The molecule has 1 aromatic carbocycles.